The van der Waals surface area contributed by atoms with E-state index in [1.54, 1.807) is 22.8 Å². The Hall–Kier alpha value is -2.16. The maximum Gasteiger partial charge on any atom is 0.262 e. The molecule has 1 amide bonds. The molecule has 0 saturated carbocycles. The van der Waals surface area contributed by atoms with Crippen molar-refractivity contribution in [2.45, 2.75) is 38.4 Å². The standard InChI is InChI=1S/C21H22ClN3O3S2/c1-3-10-25-20(28)16-6-4-14(22)11-17(16)24-21(25)29-12-18(27)19-7-5-15(30-19)8-9-23-13(2)26/h4-7,11H,3,8-10,12H2,1-2H3,(H,23,26). The maximum atomic E-state index is 12.9. The molecule has 2 heterocycles. The van der Waals surface area contributed by atoms with Gasteiger partial charge in [0.2, 0.25) is 5.91 Å². The van der Waals surface area contributed by atoms with Crippen LogP contribution in [0.1, 0.15) is 34.8 Å². The summed E-state index contributed by atoms with van der Waals surface area (Å²) in [6, 6.07) is 8.75. The van der Waals surface area contributed by atoms with Crippen molar-refractivity contribution in [3.63, 3.8) is 0 Å². The first kappa shape index (κ1) is 22.5. The number of ketones is 1. The van der Waals surface area contributed by atoms with E-state index in [2.05, 4.69) is 10.3 Å². The number of halogens is 1. The number of carbonyl (C=O) groups excluding carboxylic acids is 2. The van der Waals surface area contributed by atoms with Gasteiger partial charge < -0.3 is 5.32 Å². The normalized spacial score (nSPS) is 11.0. The number of nitrogens with zero attached hydrogens (tertiary/aromatic N) is 2. The molecule has 0 unspecified atom stereocenters. The zero-order valence-electron chi connectivity index (χ0n) is 16.7. The van der Waals surface area contributed by atoms with E-state index < -0.39 is 0 Å². The van der Waals surface area contributed by atoms with Crippen LogP contribution in [0.15, 0.2) is 40.3 Å². The summed E-state index contributed by atoms with van der Waals surface area (Å²) in [5, 5.41) is 4.30. The number of hydrogen-bond acceptors (Lipinski definition) is 6. The molecule has 0 aliphatic heterocycles. The molecule has 0 aliphatic rings. The van der Waals surface area contributed by atoms with Crippen LogP contribution in [0, 0.1) is 0 Å². The van der Waals surface area contributed by atoms with Crippen molar-refractivity contribution in [1.82, 2.24) is 14.9 Å². The molecule has 3 aromatic rings. The SMILES string of the molecule is CCCn1c(SCC(=O)c2ccc(CCNC(C)=O)s2)nc2cc(Cl)ccc2c1=O. The van der Waals surface area contributed by atoms with Crippen molar-refractivity contribution in [2.75, 3.05) is 12.3 Å². The summed E-state index contributed by atoms with van der Waals surface area (Å²) in [7, 11) is 0. The Morgan fingerprint density at radius 2 is 2.07 bits per heavy atom. The number of benzene rings is 1. The predicted octanol–water partition coefficient (Wildman–Crippen LogP) is 4.18. The number of nitrogens with one attached hydrogen (secondary N) is 1. The lowest BCUT2D eigenvalue weighted by molar-refractivity contribution is -0.118. The van der Waals surface area contributed by atoms with Gasteiger partial charge in [-0.1, -0.05) is 30.3 Å². The summed E-state index contributed by atoms with van der Waals surface area (Å²) in [5.74, 6) is 0.106. The molecule has 0 radical (unpaired) electrons. The average molecular weight is 464 g/mol. The van der Waals surface area contributed by atoms with Crippen molar-refractivity contribution >= 4 is 57.3 Å². The third kappa shape index (κ3) is 5.50. The molecule has 0 bridgehead atoms. The highest BCUT2D eigenvalue weighted by molar-refractivity contribution is 7.99. The van der Waals surface area contributed by atoms with Crippen molar-refractivity contribution < 1.29 is 9.59 Å². The van der Waals surface area contributed by atoms with Crippen LogP contribution in [-0.2, 0) is 17.8 Å². The number of amides is 1. The average Bonchev–Trinajstić information content (AvgIpc) is 3.17. The van der Waals surface area contributed by atoms with Crippen LogP contribution >= 0.6 is 34.7 Å². The topological polar surface area (TPSA) is 81.1 Å². The maximum absolute atomic E-state index is 12.9. The first-order valence-electron chi connectivity index (χ1n) is 9.58. The van der Waals surface area contributed by atoms with E-state index in [4.69, 9.17) is 11.6 Å². The Labute approximate surface area is 187 Å². The summed E-state index contributed by atoms with van der Waals surface area (Å²) in [5.41, 5.74) is 0.413. The van der Waals surface area contributed by atoms with Gasteiger partial charge in [-0.3, -0.25) is 19.0 Å². The van der Waals surface area contributed by atoms with Crippen molar-refractivity contribution in [3.05, 3.63) is 55.5 Å². The van der Waals surface area contributed by atoms with Crippen LogP contribution in [0.4, 0.5) is 0 Å². The van der Waals surface area contributed by atoms with Gasteiger partial charge in [0.25, 0.3) is 5.56 Å². The number of rotatable bonds is 9. The van der Waals surface area contributed by atoms with E-state index in [0.29, 0.717) is 45.5 Å². The third-order valence-electron chi connectivity index (χ3n) is 4.34. The predicted molar refractivity (Wildman–Crippen MR) is 123 cm³/mol. The summed E-state index contributed by atoms with van der Waals surface area (Å²) < 4.78 is 1.63. The van der Waals surface area contributed by atoms with Crippen LogP contribution in [0.5, 0.6) is 0 Å². The van der Waals surface area contributed by atoms with Gasteiger partial charge in [-0.15, -0.1) is 11.3 Å². The van der Waals surface area contributed by atoms with E-state index in [0.717, 1.165) is 11.3 Å². The van der Waals surface area contributed by atoms with E-state index >= 15 is 0 Å². The van der Waals surface area contributed by atoms with Crippen LogP contribution in [0.3, 0.4) is 0 Å². The fraction of sp³-hybridized carbons (Fsp3) is 0.333. The highest BCUT2D eigenvalue weighted by atomic mass is 35.5. The fourth-order valence-electron chi connectivity index (χ4n) is 2.93. The molecule has 6 nitrogen and oxygen atoms in total. The molecular formula is C21H22ClN3O3S2. The quantitative estimate of drug-likeness (QED) is 0.292. The summed E-state index contributed by atoms with van der Waals surface area (Å²) in [4.78, 5) is 42.8. The minimum absolute atomic E-state index is 0.0146. The van der Waals surface area contributed by atoms with E-state index in [1.807, 2.05) is 19.1 Å². The molecule has 1 aromatic carbocycles. The molecule has 0 aliphatic carbocycles. The Bertz CT molecular complexity index is 1140. The number of carbonyl (C=O) groups is 2. The zero-order valence-corrected chi connectivity index (χ0v) is 19.1. The molecule has 0 saturated heterocycles. The van der Waals surface area contributed by atoms with Crippen LogP contribution in [-0.4, -0.2) is 33.5 Å². The van der Waals surface area contributed by atoms with Crippen molar-refractivity contribution in [1.29, 1.82) is 0 Å². The second kappa shape index (κ2) is 10.2. The van der Waals surface area contributed by atoms with Gasteiger partial charge in [-0.05, 0) is 43.2 Å². The molecule has 2 aromatic heterocycles. The van der Waals surface area contributed by atoms with Gasteiger partial charge in [0.15, 0.2) is 10.9 Å². The number of thiophene rings is 1. The minimum atomic E-state index is -0.121. The fourth-order valence-corrected chi connectivity index (χ4v) is 5.04. The molecule has 30 heavy (non-hydrogen) atoms. The van der Waals surface area contributed by atoms with E-state index in [1.165, 1.54) is 30.0 Å². The van der Waals surface area contributed by atoms with Crippen molar-refractivity contribution in [3.8, 4) is 0 Å². The lowest BCUT2D eigenvalue weighted by atomic mass is 10.2. The smallest absolute Gasteiger partial charge is 0.262 e. The molecule has 158 valence electrons. The number of Topliss-reactive ketones (excluding diaryl/α,β-unsaturated/α-hetero) is 1. The Morgan fingerprint density at radius 1 is 1.27 bits per heavy atom. The molecule has 0 fully saturated rings. The Morgan fingerprint density at radius 3 is 2.80 bits per heavy atom. The van der Waals surface area contributed by atoms with Gasteiger partial charge in [-0.2, -0.15) is 0 Å². The molecular weight excluding hydrogens is 442 g/mol. The number of hydrogen-bond donors (Lipinski definition) is 1. The highest BCUT2D eigenvalue weighted by Gasteiger charge is 2.15. The second-order valence-corrected chi connectivity index (χ2v) is 9.27. The summed E-state index contributed by atoms with van der Waals surface area (Å²) >= 11 is 8.75. The number of thioether (sulfide) groups is 1. The summed E-state index contributed by atoms with van der Waals surface area (Å²) in [6.07, 6.45) is 1.47. The van der Waals surface area contributed by atoms with Gasteiger partial charge in [-0.25, -0.2) is 4.98 Å². The molecule has 3 rings (SSSR count). The Kier molecular flexibility index (Phi) is 7.69. The third-order valence-corrected chi connectivity index (χ3v) is 6.74. The minimum Gasteiger partial charge on any atom is -0.356 e. The van der Waals surface area contributed by atoms with E-state index in [9.17, 15) is 14.4 Å². The van der Waals surface area contributed by atoms with Gasteiger partial charge in [0, 0.05) is 29.9 Å². The molecule has 0 atom stereocenters. The van der Waals surface area contributed by atoms with Gasteiger partial charge in [0.1, 0.15) is 0 Å². The summed E-state index contributed by atoms with van der Waals surface area (Å²) in [6.45, 7) is 4.55. The molecule has 9 heteroatoms. The van der Waals surface area contributed by atoms with E-state index in [-0.39, 0.29) is 23.0 Å². The monoisotopic (exact) mass is 463 g/mol. The van der Waals surface area contributed by atoms with Gasteiger partial charge >= 0.3 is 0 Å². The number of aromatic nitrogens is 2. The lowest BCUT2D eigenvalue weighted by Crippen LogP contribution is -2.23. The lowest BCUT2D eigenvalue weighted by Gasteiger charge is -2.12. The van der Waals surface area contributed by atoms with Crippen LogP contribution in [0.2, 0.25) is 5.02 Å². The first-order valence-corrected chi connectivity index (χ1v) is 11.8. The largest absolute Gasteiger partial charge is 0.356 e. The van der Waals surface area contributed by atoms with Crippen LogP contribution in [0.25, 0.3) is 10.9 Å². The molecule has 1 N–H and O–H groups in total. The Balaban J connectivity index is 1.75. The van der Waals surface area contributed by atoms with Crippen molar-refractivity contribution in [2.24, 2.45) is 0 Å². The second-order valence-electron chi connectivity index (χ2n) is 6.72. The number of fused-ring (bicyclic) bond motifs is 1. The van der Waals surface area contributed by atoms with Gasteiger partial charge in [0.05, 0.1) is 21.5 Å². The molecule has 0 spiro atoms. The van der Waals surface area contributed by atoms with Crippen LogP contribution < -0.4 is 10.9 Å². The zero-order chi connectivity index (χ0) is 21.7. The highest BCUT2D eigenvalue weighted by Crippen LogP contribution is 2.24. The first-order chi connectivity index (χ1) is 14.4.